The summed E-state index contributed by atoms with van der Waals surface area (Å²) in [5.41, 5.74) is 1.50. The summed E-state index contributed by atoms with van der Waals surface area (Å²) in [7, 11) is 0. The molecule has 0 aliphatic heterocycles. The number of halogens is 1. The second-order valence-electron chi connectivity index (χ2n) is 5.77. The van der Waals surface area contributed by atoms with Crippen LogP contribution in [0.2, 0.25) is 5.02 Å². The van der Waals surface area contributed by atoms with Crippen molar-refractivity contribution in [2.24, 2.45) is 0 Å². The number of carbonyl (C=O) groups is 1. The van der Waals surface area contributed by atoms with Crippen LogP contribution in [0.4, 0.5) is 10.8 Å². The van der Waals surface area contributed by atoms with Crippen molar-refractivity contribution in [1.82, 2.24) is 4.98 Å². The normalized spacial score (nSPS) is 10.7. The molecule has 6 heteroatoms. The third kappa shape index (κ3) is 3.94. The number of thiazole rings is 1. The third-order valence-electron chi connectivity index (χ3n) is 3.90. The van der Waals surface area contributed by atoms with Gasteiger partial charge in [0.1, 0.15) is 5.75 Å². The number of fused-ring (bicyclic) bond motifs is 1. The maximum absolute atomic E-state index is 13.0. The van der Waals surface area contributed by atoms with Crippen LogP contribution in [-0.2, 0) is 4.79 Å². The summed E-state index contributed by atoms with van der Waals surface area (Å²) in [5, 5.41) is 1.13. The minimum Gasteiger partial charge on any atom is -0.484 e. The van der Waals surface area contributed by atoms with Gasteiger partial charge in [0.25, 0.3) is 5.91 Å². The lowest BCUT2D eigenvalue weighted by Gasteiger charge is -2.20. The van der Waals surface area contributed by atoms with Gasteiger partial charge >= 0.3 is 0 Å². The Kier molecular flexibility index (Phi) is 5.05. The van der Waals surface area contributed by atoms with Gasteiger partial charge in [0.15, 0.2) is 11.7 Å². The molecule has 0 aliphatic carbocycles. The molecule has 0 fully saturated rings. The predicted octanol–water partition coefficient (Wildman–Crippen LogP) is 5.69. The first kappa shape index (κ1) is 17.5. The lowest BCUT2D eigenvalue weighted by Crippen LogP contribution is -2.30. The first-order chi connectivity index (χ1) is 13.2. The van der Waals surface area contributed by atoms with Crippen molar-refractivity contribution < 1.29 is 9.53 Å². The lowest BCUT2D eigenvalue weighted by molar-refractivity contribution is -0.119. The highest BCUT2D eigenvalue weighted by molar-refractivity contribution is 7.22. The van der Waals surface area contributed by atoms with Crippen LogP contribution in [0.5, 0.6) is 5.75 Å². The number of para-hydroxylation sites is 2. The van der Waals surface area contributed by atoms with Gasteiger partial charge in [-0.3, -0.25) is 9.69 Å². The molecular formula is C21H15ClN2O2S. The molecule has 27 heavy (non-hydrogen) atoms. The largest absolute Gasteiger partial charge is 0.484 e. The maximum Gasteiger partial charge on any atom is 0.271 e. The number of nitrogens with zero attached hydrogens (tertiary/aromatic N) is 2. The van der Waals surface area contributed by atoms with Crippen LogP contribution in [0, 0.1) is 0 Å². The van der Waals surface area contributed by atoms with Crippen molar-refractivity contribution in [3.8, 4) is 5.75 Å². The van der Waals surface area contributed by atoms with Gasteiger partial charge in [0, 0.05) is 5.02 Å². The number of benzene rings is 3. The van der Waals surface area contributed by atoms with E-state index in [1.54, 1.807) is 17.0 Å². The lowest BCUT2D eigenvalue weighted by atomic mass is 10.3. The fraction of sp³-hybridized carbons (Fsp3) is 0.0476. The molecule has 0 radical (unpaired) electrons. The number of hydrogen-bond donors (Lipinski definition) is 0. The Morgan fingerprint density at radius 2 is 1.78 bits per heavy atom. The van der Waals surface area contributed by atoms with Crippen molar-refractivity contribution >= 4 is 49.9 Å². The number of anilines is 2. The predicted molar refractivity (Wildman–Crippen MR) is 110 cm³/mol. The molecule has 4 rings (SSSR count). The van der Waals surface area contributed by atoms with Gasteiger partial charge in [0.2, 0.25) is 0 Å². The first-order valence-electron chi connectivity index (χ1n) is 8.33. The van der Waals surface area contributed by atoms with Crippen LogP contribution in [0.3, 0.4) is 0 Å². The zero-order valence-electron chi connectivity index (χ0n) is 14.2. The zero-order valence-corrected chi connectivity index (χ0v) is 15.8. The highest BCUT2D eigenvalue weighted by Gasteiger charge is 2.22. The molecular weight excluding hydrogens is 380 g/mol. The molecule has 1 amide bonds. The summed E-state index contributed by atoms with van der Waals surface area (Å²) in [6.07, 6.45) is 0. The third-order valence-corrected chi connectivity index (χ3v) is 5.15. The Balaban J connectivity index is 1.68. The molecule has 1 heterocycles. The molecule has 0 bridgehead atoms. The van der Waals surface area contributed by atoms with Crippen LogP contribution in [0.15, 0.2) is 78.9 Å². The Morgan fingerprint density at radius 1 is 1.00 bits per heavy atom. The molecule has 0 aliphatic rings. The molecule has 0 atom stereocenters. The van der Waals surface area contributed by atoms with Crippen molar-refractivity contribution in [3.63, 3.8) is 0 Å². The van der Waals surface area contributed by atoms with E-state index in [0.717, 1.165) is 10.2 Å². The van der Waals surface area contributed by atoms with E-state index in [0.29, 0.717) is 21.6 Å². The summed E-state index contributed by atoms with van der Waals surface area (Å²) < 4.78 is 6.66. The molecule has 4 aromatic rings. The maximum atomic E-state index is 13.0. The second-order valence-corrected chi connectivity index (χ2v) is 7.22. The summed E-state index contributed by atoms with van der Waals surface area (Å²) in [4.78, 5) is 19.2. The van der Waals surface area contributed by atoms with Crippen LogP contribution >= 0.6 is 22.9 Å². The smallest absolute Gasteiger partial charge is 0.271 e. The number of amides is 1. The molecule has 0 saturated carbocycles. The van der Waals surface area contributed by atoms with Gasteiger partial charge in [0.05, 0.1) is 15.9 Å². The fourth-order valence-electron chi connectivity index (χ4n) is 2.66. The van der Waals surface area contributed by atoms with Crippen LogP contribution in [0.25, 0.3) is 10.2 Å². The van der Waals surface area contributed by atoms with Crippen LogP contribution < -0.4 is 9.64 Å². The Labute approximate surface area is 165 Å². The van der Waals surface area contributed by atoms with E-state index < -0.39 is 0 Å². The Bertz CT molecular complexity index is 1050. The fourth-order valence-corrected chi connectivity index (χ4v) is 3.85. The van der Waals surface area contributed by atoms with E-state index in [1.165, 1.54) is 11.3 Å². The van der Waals surface area contributed by atoms with Crippen molar-refractivity contribution in [3.05, 3.63) is 83.9 Å². The minimum absolute atomic E-state index is 0.105. The van der Waals surface area contributed by atoms with E-state index >= 15 is 0 Å². The molecule has 0 N–H and O–H groups in total. The molecule has 0 saturated heterocycles. The van der Waals surface area contributed by atoms with E-state index in [2.05, 4.69) is 4.98 Å². The van der Waals surface area contributed by atoms with E-state index in [9.17, 15) is 4.79 Å². The van der Waals surface area contributed by atoms with Gasteiger partial charge in [-0.25, -0.2) is 4.98 Å². The van der Waals surface area contributed by atoms with Gasteiger partial charge in [-0.2, -0.15) is 0 Å². The first-order valence-corrected chi connectivity index (χ1v) is 9.52. The van der Waals surface area contributed by atoms with Crippen LogP contribution in [0.1, 0.15) is 0 Å². The zero-order chi connectivity index (χ0) is 18.6. The van der Waals surface area contributed by atoms with Gasteiger partial charge in [-0.15, -0.1) is 0 Å². The van der Waals surface area contributed by atoms with E-state index in [-0.39, 0.29) is 12.5 Å². The van der Waals surface area contributed by atoms with Gasteiger partial charge < -0.3 is 4.74 Å². The van der Waals surface area contributed by atoms with Gasteiger partial charge in [-0.1, -0.05) is 59.3 Å². The van der Waals surface area contributed by atoms with E-state index in [4.69, 9.17) is 16.3 Å². The molecule has 4 nitrogen and oxygen atoms in total. The van der Waals surface area contributed by atoms with Crippen molar-refractivity contribution in [2.45, 2.75) is 0 Å². The minimum atomic E-state index is -0.222. The summed E-state index contributed by atoms with van der Waals surface area (Å²) in [6.45, 7) is -0.105. The summed E-state index contributed by atoms with van der Waals surface area (Å²) in [6, 6.07) is 24.2. The molecule has 134 valence electrons. The Morgan fingerprint density at radius 3 is 2.56 bits per heavy atom. The average molecular weight is 395 g/mol. The number of hydrogen-bond acceptors (Lipinski definition) is 4. The van der Waals surface area contributed by atoms with Crippen molar-refractivity contribution in [1.29, 1.82) is 0 Å². The molecule has 0 spiro atoms. The quantitative estimate of drug-likeness (QED) is 0.436. The number of carbonyl (C=O) groups excluding carboxylic acids is 1. The van der Waals surface area contributed by atoms with Crippen LogP contribution in [-0.4, -0.2) is 17.5 Å². The average Bonchev–Trinajstić information content (AvgIpc) is 3.11. The monoisotopic (exact) mass is 394 g/mol. The Hall–Kier alpha value is -2.89. The molecule has 3 aromatic carbocycles. The molecule has 0 unspecified atom stereocenters. The SMILES string of the molecule is O=C(COc1ccccc1)N(c1cccc(Cl)c1)c1nc2ccccc2s1. The number of ether oxygens (including phenoxy) is 1. The highest BCUT2D eigenvalue weighted by atomic mass is 35.5. The van der Waals surface area contributed by atoms with E-state index in [1.807, 2.05) is 66.7 Å². The number of aromatic nitrogens is 1. The standard InChI is InChI=1S/C21H15ClN2O2S/c22-15-7-6-8-16(13-15)24(20(25)14-26-17-9-2-1-3-10-17)21-23-18-11-4-5-12-19(18)27-21/h1-13H,14H2. The topological polar surface area (TPSA) is 42.4 Å². The summed E-state index contributed by atoms with van der Waals surface area (Å²) in [5.74, 6) is 0.418. The second kappa shape index (κ2) is 7.78. The summed E-state index contributed by atoms with van der Waals surface area (Å²) >= 11 is 7.60. The number of rotatable bonds is 5. The molecule has 1 aromatic heterocycles. The highest BCUT2D eigenvalue weighted by Crippen LogP contribution is 2.34. The van der Waals surface area contributed by atoms with Crippen molar-refractivity contribution in [2.75, 3.05) is 11.5 Å². The van der Waals surface area contributed by atoms with Gasteiger partial charge in [-0.05, 0) is 42.5 Å².